The summed E-state index contributed by atoms with van der Waals surface area (Å²) in [6.45, 7) is 2.77. The fourth-order valence-electron chi connectivity index (χ4n) is 5.23. The van der Waals surface area contributed by atoms with Crippen LogP contribution in [0.25, 0.3) is 5.65 Å². The van der Waals surface area contributed by atoms with Crippen LogP contribution in [-0.4, -0.2) is 50.1 Å². The highest BCUT2D eigenvalue weighted by Gasteiger charge is 2.33. The molecule has 0 radical (unpaired) electrons. The number of anilines is 3. The van der Waals surface area contributed by atoms with Gasteiger partial charge in [0.1, 0.15) is 17.6 Å². The maximum atomic E-state index is 13.7. The zero-order chi connectivity index (χ0) is 24.6. The molecule has 3 aromatic heterocycles. The van der Waals surface area contributed by atoms with Crippen molar-refractivity contribution in [3.05, 3.63) is 82.5 Å². The van der Waals surface area contributed by atoms with Crippen LogP contribution in [0, 0.1) is 17.2 Å². The summed E-state index contributed by atoms with van der Waals surface area (Å²) in [6.07, 6.45) is 3.37. The molecule has 10 nitrogen and oxygen atoms in total. The molecule has 10 heteroatoms. The Balaban J connectivity index is 1.21. The summed E-state index contributed by atoms with van der Waals surface area (Å²) in [4.78, 5) is 35.8. The minimum absolute atomic E-state index is 0.0964. The summed E-state index contributed by atoms with van der Waals surface area (Å²) in [7, 11) is 0. The molecule has 0 saturated carbocycles. The lowest BCUT2D eigenvalue weighted by Gasteiger charge is -2.40. The highest BCUT2D eigenvalue weighted by Crippen LogP contribution is 2.36. The third-order valence-electron chi connectivity index (χ3n) is 7.01. The van der Waals surface area contributed by atoms with Gasteiger partial charge in [-0.2, -0.15) is 10.4 Å². The number of nitriles is 1. The number of rotatable bonds is 4. The van der Waals surface area contributed by atoms with Gasteiger partial charge in [-0.15, -0.1) is 0 Å². The number of carbonyl (C=O) groups excluding carboxylic acids is 1. The number of fused-ring (bicyclic) bond motifs is 2. The fourth-order valence-corrected chi connectivity index (χ4v) is 5.23. The molecule has 0 spiro atoms. The normalized spacial score (nSPS) is 16.3. The van der Waals surface area contributed by atoms with Crippen LogP contribution in [0.3, 0.4) is 0 Å². The summed E-state index contributed by atoms with van der Waals surface area (Å²) in [5.74, 6) is 1.18. The third kappa shape index (κ3) is 3.75. The van der Waals surface area contributed by atoms with Gasteiger partial charge in [-0.25, -0.2) is 24.1 Å². The predicted octanol–water partition coefficient (Wildman–Crippen LogP) is 3.28. The second-order valence-corrected chi connectivity index (χ2v) is 9.18. The van der Waals surface area contributed by atoms with Crippen molar-refractivity contribution in [2.75, 3.05) is 29.4 Å². The monoisotopic (exact) mass is 480 g/mol. The third-order valence-corrected chi connectivity index (χ3v) is 7.01. The van der Waals surface area contributed by atoms with Crippen LogP contribution in [0.15, 0.2) is 65.6 Å². The molecular formula is C26H24N8O2. The molecule has 1 fully saturated rings. The second-order valence-electron chi connectivity index (χ2n) is 9.18. The van der Waals surface area contributed by atoms with Gasteiger partial charge in [0.25, 0.3) is 0 Å². The molecular weight excluding hydrogens is 456 g/mol. The van der Waals surface area contributed by atoms with E-state index in [2.05, 4.69) is 26.2 Å². The number of nitrogens with one attached hydrogen (secondary N) is 1. The summed E-state index contributed by atoms with van der Waals surface area (Å²) in [6, 6.07) is 18.9. The van der Waals surface area contributed by atoms with Crippen molar-refractivity contribution in [3.63, 3.8) is 0 Å². The smallest absolute Gasteiger partial charge is 0.349 e. The van der Waals surface area contributed by atoms with Gasteiger partial charge in [-0.3, -0.25) is 4.90 Å². The van der Waals surface area contributed by atoms with Gasteiger partial charge < -0.3 is 9.80 Å². The van der Waals surface area contributed by atoms with Crippen LogP contribution in [0.4, 0.5) is 22.0 Å². The summed E-state index contributed by atoms with van der Waals surface area (Å²) >= 11 is 0. The number of urea groups is 1. The molecule has 0 bridgehead atoms. The van der Waals surface area contributed by atoms with Gasteiger partial charge in [0.05, 0.1) is 11.4 Å². The van der Waals surface area contributed by atoms with E-state index in [1.54, 1.807) is 27.6 Å². The van der Waals surface area contributed by atoms with Crippen LogP contribution in [0.1, 0.15) is 24.1 Å². The fraction of sp³-hybridized carbons (Fsp3) is 0.269. The topological polar surface area (TPSA) is 114 Å². The first-order valence-electron chi connectivity index (χ1n) is 12.0. The molecule has 0 atom stereocenters. The van der Waals surface area contributed by atoms with Crippen LogP contribution in [0.2, 0.25) is 0 Å². The van der Waals surface area contributed by atoms with Gasteiger partial charge in [-0.05, 0) is 54.7 Å². The Morgan fingerprint density at radius 1 is 1.06 bits per heavy atom. The maximum absolute atomic E-state index is 13.7. The number of benzene rings is 1. The Morgan fingerprint density at radius 2 is 1.89 bits per heavy atom. The van der Waals surface area contributed by atoms with Crippen molar-refractivity contribution in [1.82, 2.24) is 24.5 Å². The first-order chi connectivity index (χ1) is 17.6. The van der Waals surface area contributed by atoms with E-state index in [9.17, 15) is 14.9 Å². The summed E-state index contributed by atoms with van der Waals surface area (Å²) < 4.78 is 1.60. The van der Waals surface area contributed by atoms with Crippen molar-refractivity contribution in [2.24, 2.45) is 5.92 Å². The number of nitrogens with zero attached hydrogens (tertiary/aromatic N) is 7. The van der Waals surface area contributed by atoms with E-state index in [1.807, 2.05) is 47.4 Å². The minimum Gasteiger partial charge on any atom is -0.358 e. The van der Waals surface area contributed by atoms with Crippen molar-refractivity contribution in [2.45, 2.75) is 19.4 Å². The molecule has 0 aliphatic carbocycles. The molecule has 2 amide bonds. The number of hydrogen-bond donors (Lipinski definition) is 1. The van der Waals surface area contributed by atoms with Crippen molar-refractivity contribution < 1.29 is 4.79 Å². The van der Waals surface area contributed by atoms with Crippen LogP contribution < -0.4 is 15.5 Å². The highest BCUT2D eigenvalue weighted by atomic mass is 16.2. The first-order valence-corrected chi connectivity index (χ1v) is 12.0. The Morgan fingerprint density at radius 3 is 2.72 bits per heavy atom. The maximum Gasteiger partial charge on any atom is 0.349 e. The number of H-pyrrole nitrogens is 1. The van der Waals surface area contributed by atoms with E-state index in [1.165, 1.54) is 0 Å². The van der Waals surface area contributed by atoms with E-state index in [-0.39, 0.29) is 17.4 Å². The quantitative estimate of drug-likeness (QED) is 0.480. The largest absolute Gasteiger partial charge is 0.358 e. The van der Waals surface area contributed by atoms with Gasteiger partial charge in [0.15, 0.2) is 5.65 Å². The van der Waals surface area contributed by atoms with Crippen molar-refractivity contribution in [1.29, 1.82) is 5.26 Å². The zero-order valence-electron chi connectivity index (χ0n) is 19.5. The lowest BCUT2D eigenvalue weighted by molar-refractivity contribution is 0.183. The minimum atomic E-state index is -0.240. The van der Waals surface area contributed by atoms with Gasteiger partial charge in [0.2, 0.25) is 0 Å². The number of amides is 2. The van der Waals surface area contributed by atoms with Gasteiger partial charge in [-0.1, -0.05) is 24.3 Å². The number of pyridine rings is 2. The predicted molar refractivity (Wildman–Crippen MR) is 134 cm³/mol. The standard InChI is InChI=1S/C26H24N8O2/c27-15-20-14-21(8-11-28-20)33-22-5-2-1-4-19(22)17-32(26(33)36)16-18-9-12-31(13-10-18)24-7-3-6-23-29-30-25(35)34(23)24/h1-8,11,14,18H,9-10,12-13,16-17H2,(H,30,35). The average molecular weight is 481 g/mol. The lowest BCUT2D eigenvalue weighted by Crippen LogP contribution is -2.48. The number of hydrogen-bond acceptors (Lipinski definition) is 6. The Hall–Kier alpha value is -4.65. The molecule has 180 valence electrons. The molecule has 36 heavy (non-hydrogen) atoms. The van der Waals surface area contributed by atoms with Crippen molar-refractivity contribution in [3.8, 4) is 6.07 Å². The van der Waals surface area contributed by atoms with E-state index < -0.39 is 0 Å². The number of aromatic amines is 1. The molecule has 1 N–H and O–H groups in total. The van der Waals surface area contributed by atoms with E-state index >= 15 is 0 Å². The molecule has 5 heterocycles. The van der Waals surface area contributed by atoms with E-state index in [0.717, 1.165) is 43.0 Å². The van der Waals surface area contributed by atoms with E-state index in [0.29, 0.717) is 30.3 Å². The zero-order valence-corrected chi connectivity index (χ0v) is 19.5. The molecule has 0 unspecified atom stereocenters. The molecule has 2 aliphatic heterocycles. The SMILES string of the molecule is N#Cc1cc(N2C(=O)N(CC3CCN(c4cccc5n[nH]c(=O)n45)CC3)Cc3ccccc32)ccn1. The molecule has 2 aliphatic rings. The second kappa shape index (κ2) is 8.85. The lowest BCUT2D eigenvalue weighted by atomic mass is 9.95. The number of aromatic nitrogens is 4. The Bertz CT molecular complexity index is 1540. The molecule has 4 aromatic rings. The average Bonchev–Trinajstić information content (AvgIpc) is 3.30. The molecule has 1 aromatic carbocycles. The highest BCUT2D eigenvalue weighted by molar-refractivity contribution is 6.01. The summed E-state index contributed by atoms with van der Waals surface area (Å²) in [5.41, 5.74) is 3.17. The van der Waals surface area contributed by atoms with Crippen molar-refractivity contribution >= 4 is 28.9 Å². The first kappa shape index (κ1) is 21.9. The van der Waals surface area contributed by atoms with Gasteiger partial charge >= 0.3 is 11.7 Å². The molecule has 1 saturated heterocycles. The summed E-state index contributed by atoms with van der Waals surface area (Å²) in [5, 5.41) is 15.9. The Labute approximate surface area is 207 Å². The van der Waals surface area contributed by atoms with Gasteiger partial charge in [0, 0.05) is 32.4 Å². The van der Waals surface area contributed by atoms with Crippen LogP contribution in [-0.2, 0) is 6.54 Å². The van der Waals surface area contributed by atoms with Crippen LogP contribution in [0.5, 0.6) is 0 Å². The van der Waals surface area contributed by atoms with E-state index in [4.69, 9.17) is 0 Å². The number of piperidine rings is 1. The number of para-hydroxylation sites is 1. The Kier molecular flexibility index (Phi) is 5.37. The number of carbonyl (C=O) groups is 1. The molecule has 6 rings (SSSR count). The van der Waals surface area contributed by atoms with Crippen LogP contribution >= 0.6 is 0 Å².